The summed E-state index contributed by atoms with van der Waals surface area (Å²) in [5.41, 5.74) is 8.55. The van der Waals surface area contributed by atoms with Crippen LogP contribution >= 0.6 is 11.3 Å². The maximum absolute atomic E-state index is 6.17. The van der Waals surface area contributed by atoms with E-state index in [0.717, 1.165) is 41.6 Å². The van der Waals surface area contributed by atoms with Crippen LogP contribution in [-0.2, 0) is 19.3 Å². The maximum Gasteiger partial charge on any atom is 0.261 e. The SMILES string of the molecule is Nc1sc2c(c1-c1nc(CC3CC3)no1)CCCC2. The summed E-state index contributed by atoms with van der Waals surface area (Å²) in [4.78, 5) is 5.97. The standard InChI is InChI=1S/C14H17N3OS/c15-13-12(9-3-1-2-4-10(9)19-13)14-16-11(17-18-14)7-8-5-6-8/h8H,1-7,15H2. The molecule has 0 aromatic carbocycles. The van der Waals surface area contributed by atoms with Crippen molar-refractivity contribution in [3.8, 4) is 11.5 Å². The van der Waals surface area contributed by atoms with Crippen molar-refractivity contribution in [1.82, 2.24) is 10.1 Å². The largest absolute Gasteiger partial charge is 0.390 e. The minimum Gasteiger partial charge on any atom is -0.390 e. The van der Waals surface area contributed by atoms with Crippen LogP contribution in [0.2, 0.25) is 0 Å². The van der Waals surface area contributed by atoms with E-state index in [0.29, 0.717) is 5.89 Å². The van der Waals surface area contributed by atoms with Crippen molar-refractivity contribution in [2.75, 3.05) is 5.73 Å². The first-order valence-corrected chi connectivity index (χ1v) is 7.86. The number of thiophene rings is 1. The first-order valence-electron chi connectivity index (χ1n) is 7.04. The molecule has 0 spiro atoms. The number of fused-ring (bicyclic) bond motifs is 1. The number of nitrogens with two attached hydrogens (primary N) is 1. The zero-order chi connectivity index (χ0) is 12.8. The highest BCUT2D eigenvalue weighted by Crippen LogP contribution is 2.42. The highest BCUT2D eigenvalue weighted by Gasteiger charge is 2.27. The molecule has 0 unspecified atom stereocenters. The van der Waals surface area contributed by atoms with Crippen LogP contribution in [0.4, 0.5) is 5.00 Å². The Balaban J connectivity index is 1.70. The Bertz CT molecular complexity index is 612. The Morgan fingerprint density at radius 3 is 2.95 bits per heavy atom. The van der Waals surface area contributed by atoms with Gasteiger partial charge in [-0.3, -0.25) is 0 Å². The molecule has 2 aromatic heterocycles. The van der Waals surface area contributed by atoms with Crippen LogP contribution in [0.5, 0.6) is 0 Å². The fraction of sp³-hybridized carbons (Fsp3) is 0.571. The summed E-state index contributed by atoms with van der Waals surface area (Å²) in [6.07, 6.45) is 8.31. The summed E-state index contributed by atoms with van der Waals surface area (Å²) in [6, 6.07) is 0. The lowest BCUT2D eigenvalue weighted by Gasteiger charge is -2.10. The molecule has 2 aromatic rings. The number of aromatic nitrogens is 2. The van der Waals surface area contributed by atoms with Gasteiger partial charge in [-0.15, -0.1) is 11.3 Å². The highest BCUT2D eigenvalue weighted by molar-refractivity contribution is 7.16. The zero-order valence-corrected chi connectivity index (χ0v) is 11.6. The molecule has 0 radical (unpaired) electrons. The Hall–Kier alpha value is -1.36. The van der Waals surface area contributed by atoms with Gasteiger partial charge in [0.1, 0.15) is 0 Å². The van der Waals surface area contributed by atoms with Crippen molar-refractivity contribution in [1.29, 1.82) is 0 Å². The van der Waals surface area contributed by atoms with Gasteiger partial charge in [-0.1, -0.05) is 5.16 Å². The van der Waals surface area contributed by atoms with E-state index in [4.69, 9.17) is 10.3 Å². The van der Waals surface area contributed by atoms with Gasteiger partial charge in [-0.05, 0) is 50.0 Å². The molecule has 0 amide bonds. The molecule has 0 bridgehead atoms. The molecule has 4 nitrogen and oxygen atoms in total. The van der Waals surface area contributed by atoms with E-state index < -0.39 is 0 Å². The lowest BCUT2D eigenvalue weighted by atomic mass is 9.95. The molecule has 19 heavy (non-hydrogen) atoms. The number of hydrogen-bond donors (Lipinski definition) is 1. The van der Waals surface area contributed by atoms with Crippen molar-refractivity contribution in [3.05, 3.63) is 16.3 Å². The van der Waals surface area contributed by atoms with E-state index in [-0.39, 0.29) is 0 Å². The summed E-state index contributed by atoms with van der Waals surface area (Å²) in [6.45, 7) is 0. The van der Waals surface area contributed by atoms with E-state index in [1.807, 2.05) is 0 Å². The predicted molar refractivity (Wildman–Crippen MR) is 75.1 cm³/mol. The number of anilines is 1. The van der Waals surface area contributed by atoms with Crippen molar-refractivity contribution >= 4 is 16.3 Å². The normalized spacial score (nSPS) is 18.5. The third kappa shape index (κ3) is 2.06. The summed E-state index contributed by atoms with van der Waals surface area (Å²) in [5, 5.41) is 4.95. The highest BCUT2D eigenvalue weighted by atomic mass is 32.1. The number of hydrogen-bond acceptors (Lipinski definition) is 5. The van der Waals surface area contributed by atoms with Gasteiger partial charge in [-0.2, -0.15) is 4.98 Å². The second-order valence-electron chi connectivity index (χ2n) is 5.61. The Morgan fingerprint density at radius 1 is 1.26 bits per heavy atom. The van der Waals surface area contributed by atoms with Crippen LogP contribution < -0.4 is 5.73 Å². The van der Waals surface area contributed by atoms with Crippen molar-refractivity contribution in [3.63, 3.8) is 0 Å². The summed E-state index contributed by atoms with van der Waals surface area (Å²) >= 11 is 1.70. The van der Waals surface area contributed by atoms with Crippen LogP contribution in [-0.4, -0.2) is 10.1 Å². The Morgan fingerprint density at radius 2 is 2.11 bits per heavy atom. The van der Waals surface area contributed by atoms with Gasteiger partial charge in [0.05, 0.1) is 10.6 Å². The fourth-order valence-electron chi connectivity index (χ4n) is 2.84. The molecule has 1 saturated carbocycles. The predicted octanol–water partition coefficient (Wildman–Crippen LogP) is 3.21. The van der Waals surface area contributed by atoms with Crippen LogP contribution in [0.15, 0.2) is 4.52 Å². The van der Waals surface area contributed by atoms with Gasteiger partial charge < -0.3 is 10.3 Å². The van der Waals surface area contributed by atoms with Gasteiger partial charge >= 0.3 is 0 Å². The zero-order valence-electron chi connectivity index (χ0n) is 10.8. The van der Waals surface area contributed by atoms with E-state index >= 15 is 0 Å². The molecule has 0 saturated heterocycles. The molecule has 2 aliphatic carbocycles. The molecule has 0 atom stereocenters. The lowest BCUT2D eigenvalue weighted by molar-refractivity contribution is 0.420. The molecule has 0 aliphatic heterocycles. The van der Waals surface area contributed by atoms with Crippen molar-refractivity contribution in [2.24, 2.45) is 5.92 Å². The van der Waals surface area contributed by atoms with Gasteiger partial charge in [-0.25, -0.2) is 0 Å². The monoisotopic (exact) mass is 275 g/mol. The van der Waals surface area contributed by atoms with Crippen LogP contribution in [0, 0.1) is 5.92 Å². The molecule has 4 rings (SSSR count). The third-order valence-corrected chi connectivity index (χ3v) is 5.17. The summed E-state index contributed by atoms with van der Waals surface area (Å²) < 4.78 is 5.45. The second-order valence-corrected chi connectivity index (χ2v) is 6.75. The first-order chi connectivity index (χ1) is 9.31. The van der Waals surface area contributed by atoms with Crippen LogP contribution in [0.3, 0.4) is 0 Å². The number of aryl methyl sites for hydroxylation is 1. The molecule has 2 N–H and O–H groups in total. The number of rotatable bonds is 3. The molecule has 2 aliphatic rings. The lowest BCUT2D eigenvalue weighted by Crippen LogP contribution is -2.00. The van der Waals surface area contributed by atoms with E-state index in [2.05, 4.69) is 10.1 Å². The third-order valence-electron chi connectivity index (χ3n) is 4.05. The molecule has 2 heterocycles. The average Bonchev–Trinajstić information content (AvgIpc) is 2.98. The summed E-state index contributed by atoms with van der Waals surface area (Å²) in [7, 11) is 0. The summed E-state index contributed by atoms with van der Waals surface area (Å²) in [5.74, 6) is 2.25. The average molecular weight is 275 g/mol. The molecular weight excluding hydrogens is 258 g/mol. The van der Waals surface area contributed by atoms with Gasteiger partial charge in [0.15, 0.2) is 5.82 Å². The van der Waals surface area contributed by atoms with Gasteiger partial charge in [0.25, 0.3) is 5.89 Å². The first kappa shape index (κ1) is 11.5. The number of nitrogen functional groups attached to an aromatic ring is 1. The van der Waals surface area contributed by atoms with Gasteiger partial charge in [0, 0.05) is 11.3 Å². The quantitative estimate of drug-likeness (QED) is 0.934. The van der Waals surface area contributed by atoms with E-state index in [1.54, 1.807) is 11.3 Å². The van der Waals surface area contributed by atoms with Crippen LogP contribution in [0.1, 0.15) is 41.9 Å². The second kappa shape index (κ2) is 4.34. The number of nitrogens with zero attached hydrogens (tertiary/aromatic N) is 2. The topological polar surface area (TPSA) is 64.9 Å². The maximum atomic E-state index is 6.17. The molecular formula is C14H17N3OS. The minimum absolute atomic E-state index is 0.632. The van der Waals surface area contributed by atoms with E-state index in [9.17, 15) is 0 Å². The molecule has 100 valence electrons. The minimum atomic E-state index is 0.632. The Kier molecular flexibility index (Phi) is 2.62. The van der Waals surface area contributed by atoms with Crippen LogP contribution in [0.25, 0.3) is 11.5 Å². The van der Waals surface area contributed by atoms with Gasteiger partial charge in [0.2, 0.25) is 0 Å². The fourth-order valence-corrected chi connectivity index (χ4v) is 3.99. The Labute approximate surface area is 116 Å². The smallest absolute Gasteiger partial charge is 0.261 e. The molecule has 1 fully saturated rings. The molecule has 5 heteroatoms. The van der Waals surface area contributed by atoms with E-state index in [1.165, 1.54) is 36.1 Å². The van der Waals surface area contributed by atoms with Crippen molar-refractivity contribution in [2.45, 2.75) is 44.9 Å². The van der Waals surface area contributed by atoms with Crippen molar-refractivity contribution < 1.29 is 4.52 Å².